The van der Waals surface area contributed by atoms with E-state index in [4.69, 9.17) is 4.52 Å². The summed E-state index contributed by atoms with van der Waals surface area (Å²) in [4.78, 5) is 24.2. The van der Waals surface area contributed by atoms with Gasteiger partial charge in [-0.05, 0) is 20.8 Å². The molecule has 0 radical (unpaired) electrons. The molecule has 1 unspecified atom stereocenters. The highest BCUT2D eigenvalue weighted by Crippen LogP contribution is 2.29. The molecule has 1 saturated heterocycles. The van der Waals surface area contributed by atoms with Crippen molar-refractivity contribution in [3.8, 4) is 11.3 Å². The SMILES string of the molecule is Cc1ccc(-c2cc(CNC(=O)C3CSC(C)(C)C(=O)N3)no2)cc1. The largest absolute Gasteiger partial charge is 0.356 e. The van der Waals surface area contributed by atoms with Crippen LogP contribution < -0.4 is 10.6 Å². The zero-order valence-electron chi connectivity index (χ0n) is 14.5. The molecule has 0 saturated carbocycles. The van der Waals surface area contributed by atoms with E-state index < -0.39 is 10.8 Å². The number of carbonyl (C=O) groups is 2. The van der Waals surface area contributed by atoms with Gasteiger partial charge in [-0.2, -0.15) is 0 Å². The number of rotatable bonds is 4. The molecule has 1 aromatic heterocycles. The van der Waals surface area contributed by atoms with E-state index in [0.29, 0.717) is 17.2 Å². The van der Waals surface area contributed by atoms with Crippen LogP contribution in [0, 0.1) is 6.92 Å². The molecule has 0 aliphatic carbocycles. The molecule has 1 fully saturated rings. The fourth-order valence-electron chi connectivity index (χ4n) is 2.42. The van der Waals surface area contributed by atoms with Crippen LogP contribution in [0.4, 0.5) is 0 Å². The van der Waals surface area contributed by atoms with E-state index in [1.807, 2.05) is 51.1 Å². The second-order valence-corrected chi connectivity index (χ2v) is 8.26. The van der Waals surface area contributed by atoms with Gasteiger partial charge in [-0.1, -0.05) is 35.0 Å². The van der Waals surface area contributed by atoms with Gasteiger partial charge in [0.15, 0.2) is 5.76 Å². The Morgan fingerprint density at radius 1 is 1.40 bits per heavy atom. The van der Waals surface area contributed by atoms with Gasteiger partial charge < -0.3 is 15.2 Å². The normalized spacial score (nSPS) is 19.3. The third-order valence-electron chi connectivity index (χ3n) is 4.12. The van der Waals surface area contributed by atoms with Crippen LogP contribution in [0.25, 0.3) is 11.3 Å². The molecule has 2 N–H and O–H groups in total. The molecule has 1 aromatic carbocycles. The van der Waals surface area contributed by atoms with E-state index in [-0.39, 0.29) is 18.4 Å². The van der Waals surface area contributed by atoms with Crippen LogP contribution in [0.2, 0.25) is 0 Å². The maximum absolute atomic E-state index is 12.2. The lowest BCUT2D eigenvalue weighted by Gasteiger charge is -2.32. The van der Waals surface area contributed by atoms with Crippen molar-refractivity contribution >= 4 is 23.6 Å². The highest BCUT2D eigenvalue weighted by atomic mass is 32.2. The summed E-state index contributed by atoms with van der Waals surface area (Å²) in [5.74, 6) is 0.883. The summed E-state index contributed by atoms with van der Waals surface area (Å²) in [5, 5.41) is 9.55. The molecular formula is C18H21N3O3S. The lowest BCUT2D eigenvalue weighted by atomic mass is 10.1. The lowest BCUT2D eigenvalue weighted by Crippen LogP contribution is -2.57. The Labute approximate surface area is 150 Å². The molecule has 25 heavy (non-hydrogen) atoms. The molecule has 2 aromatic rings. The number of amides is 2. The van der Waals surface area contributed by atoms with Gasteiger partial charge in [0.1, 0.15) is 11.7 Å². The highest BCUT2D eigenvalue weighted by Gasteiger charge is 2.37. The van der Waals surface area contributed by atoms with Gasteiger partial charge in [-0.25, -0.2) is 0 Å². The first kappa shape index (κ1) is 17.5. The molecule has 2 heterocycles. The zero-order chi connectivity index (χ0) is 18.0. The standard InChI is InChI=1S/C18H21N3O3S/c1-11-4-6-12(7-5-11)15-8-13(21-24-15)9-19-16(22)14-10-25-18(2,3)17(23)20-14/h4-8,14H,9-10H2,1-3H3,(H,19,22)(H,20,23). The predicted molar refractivity (Wildman–Crippen MR) is 97.0 cm³/mol. The van der Waals surface area contributed by atoms with Crippen molar-refractivity contribution in [2.75, 3.05) is 5.75 Å². The first-order valence-corrected chi connectivity index (χ1v) is 9.09. The molecule has 6 nitrogen and oxygen atoms in total. The highest BCUT2D eigenvalue weighted by molar-refractivity contribution is 8.01. The molecule has 1 aliphatic rings. The van der Waals surface area contributed by atoms with Crippen LogP contribution in [0.5, 0.6) is 0 Å². The van der Waals surface area contributed by atoms with Crippen LogP contribution in [0.1, 0.15) is 25.1 Å². The average molecular weight is 359 g/mol. The van der Waals surface area contributed by atoms with E-state index in [9.17, 15) is 9.59 Å². The molecule has 1 atom stereocenters. The van der Waals surface area contributed by atoms with Crippen molar-refractivity contribution in [3.63, 3.8) is 0 Å². The van der Waals surface area contributed by atoms with Crippen molar-refractivity contribution in [1.82, 2.24) is 15.8 Å². The van der Waals surface area contributed by atoms with E-state index in [1.165, 1.54) is 17.3 Å². The first-order valence-electron chi connectivity index (χ1n) is 8.10. The molecule has 3 rings (SSSR count). The van der Waals surface area contributed by atoms with Crippen LogP contribution in [0.15, 0.2) is 34.9 Å². The van der Waals surface area contributed by atoms with Crippen LogP contribution >= 0.6 is 11.8 Å². The number of aryl methyl sites for hydroxylation is 1. The Kier molecular flexibility index (Phi) is 4.85. The minimum Gasteiger partial charge on any atom is -0.356 e. The Hall–Kier alpha value is -2.28. The van der Waals surface area contributed by atoms with Crippen LogP contribution in [-0.2, 0) is 16.1 Å². The summed E-state index contributed by atoms with van der Waals surface area (Å²) in [5.41, 5.74) is 2.75. The van der Waals surface area contributed by atoms with Gasteiger partial charge in [0, 0.05) is 17.4 Å². The minimum absolute atomic E-state index is 0.119. The summed E-state index contributed by atoms with van der Waals surface area (Å²) in [6.45, 7) is 5.98. The van der Waals surface area contributed by atoms with Gasteiger partial charge in [0.05, 0.1) is 11.3 Å². The molecule has 0 bridgehead atoms. The number of benzene rings is 1. The molecular weight excluding hydrogens is 338 g/mol. The summed E-state index contributed by atoms with van der Waals surface area (Å²) in [7, 11) is 0. The van der Waals surface area contributed by atoms with Crippen molar-refractivity contribution in [2.45, 2.75) is 38.1 Å². The fraction of sp³-hybridized carbons (Fsp3) is 0.389. The van der Waals surface area contributed by atoms with E-state index in [2.05, 4.69) is 15.8 Å². The number of aromatic nitrogens is 1. The number of carbonyl (C=O) groups excluding carboxylic acids is 2. The van der Waals surface area contributed by atoms with Gasteiger partial charge in [0.25, 0.3) is 0 Å². The summed E-state index contributed by atoms with van der Waals surface area (Å²) in [6, 6.07) is 9.23. The van der Waals surface area contributed by atoms with E-state index in [1.54, 1.807) is 0 Å². The predicted octanol–water partition coefficient (Wildman–Crippen LogP) is 2.28. The Morgan fingerprint density at radius 2 is 2.12 bits per heavy atom. The molecule has 2 amide bonds. The van der Waals surface area contributed by atoms with E-state index >= 15 is 0 Å². The van der Waals surface area contributed by atoms with Crippen molar-refractivity contribution in [3.05, 3.63) is 41.6 Å². The number of thioether (sulfide) groups is 1. The number of hydrogen-bond donors (Lipinski definition) is 2. The Bertz CT molecular complexity index is 783. The molecule has 7 heteroatoms. The minimum atomic E-state index is -0.519. The van der Waals surface area contributed by atoms with Crippen molar-refractivity contribution in [2.24, 2.45) is 0 Å². The Morgan fingerprint density at radius 3 is 2.80 bits per heavy atom. The average Bonchev–Trinajstić information content (AvgIpc) is 3.05. The summed E-state index contributed by atoms with van der Waals surface area (Å²) in [6.07, 6.45) is 0. The topological polar surface area (TPSA) is 84.2 Å². The maximum atomic E-state index is 12.2. The van der Waals surface area contributed by atoms with Crippen LogP contribution in [-0.4, -0.2) is 33.5 Å². The quantitative estimate of drug-likeness (QED) is 0.875. The zero-order valence-corrected chi connectivity index (χ0v) is 15.3. The maximum Gasteiger partial charge on any atom is 0.243 e. The summed E-state index contributed by atoms with van der Waals surface area (Å²) < 4.78 is 4.84. The number of nitrogens with one attached hydrogen (secondary N) is 2. The number of hydrogen-bond acceptors (Lipinski definition) is 5. The second kappa shape index (κ2) is 6.92. The lowest BCUT2D eigenvalue weighted by molar-refractivity contribution is -0.129. The van der Waals surface area contributed by atoms with Gasteiger partial charge in [0.2, 0.25) is 11.8 Å². The molecule has 132 valence electrons. The monoisotopic (exact) mass is 359 g/mol. The van der Waals surface area contributed by atoms with Crippen molar-refractivity contribution < 1.29 is 14.1 Å². The second-order valence-electron chi connectivity index (χ2n) is 6.61. The third-order valence-corrected chi connectivity index (χ3v) is 5.53. The molecule has 0 spiro atoms. The third kappa shape index (κ3) is 4.04. The van der Waals surface area contributed by atoms with Gasteiger partial charge in [-0.15, -0.1) is 11.8 Å². The van der Waals surface area contributed by atoms with Crippen LogP contribution in [0.3, 0.4) is 0 Å². The van der Waals surface area contributed by atoms with Crippen molar-refractivity contribution in [1.29, 1.82) is 0 Å². The smallest absolute Gasteiger partial charge is 0.243 e. The summed E-state index contributed by atoms with van der Waals surface area (Å²) >= 11 is 1.48. The fourth-order valence-corrected chi connectivity index (χ4v) is 3.43. The molecule has 1 aliphatic heterocycles. The first-order chi connectivity index (χ1) is 11.8. The number of nitrogens with zero attached hydrogens (tertiary/aromatic N) is 1. The Balaban J connectivity index is 1.56. The van der Waals surface area contributed by atoms with Gasteiger partial charge in [-0.3, -0.25) is 9.59 Å². The van der Waals surface area contributed by atoms with E-state index in [0.717, 1.165) is 5.56 Å². The van der Waals surface area contributed by atoms with Gasteiger partial charge >= 0.3 is 0 Å².